The first-order valence-corrected chi connectivity index (χ1v) is 6.83. The quantitative estimate of drug-likeness (QED) is 0.409. The minimum absolute atomic E-state index is 0.177. The standard InChI is InChI=1S/C6H8Br2O2.C5H8O2/c1-2-6(9)10-4-5(8)3-7;1-3-5(6)7-4-2/h2,5H,1,3-4H2;3H,1,4H2,2H3. The molecule has 1 unspecified atom stereocenters. The second-order valence-electron chi connectivity index (χ2n) is 2.54. The van der Waals surface area contributed by atoms with Crippen LogP contribution in [-0.2, 0) is 19.1 Å². The topological polar surface area (TPSA) is 52.6 Å². The third kappa shape index (κ3) is 15.4. The number of alkyl halides is 2. The van der Waals surface area contributed by atoms with Crippen LogP contribution in [0.5, 0.6) is 0 Å². The van der Waals surface area contributed by atoms with Gasteiger partial charge in [0.05, 0.1) is 11.4 Å². The molecule has 0 aromatic heterocycles. The molecule has 0 amide bonds. The van der Waals surface area contributed by atoms with E-state index in [2.05, 4.69) is 49.8 Å². The van der Waals surface area contributed by atoms with Crippen molar-refractivity contribution in [1.29, 1.82) is 0 Å². The highest BCUT2D eigenvalue weighted by Crippen LogP contribution is 2.03. The Bertz CT molecular complexity index is 254. The van der Waals surface area contributed by atoms with Crippen LogP contribution in [-0.4, -0.2) is 35.3 Å². The van der Waals surface area contributed by atoms with Gasteiger partial charge >= 0.3 is 11.9 Å². The fourth-order valence-electron chi connectivity index (χ4n) is 0.477. The van der Waals surface area contributed by atoms with E-state index in [-0.39, 0.29) is 16.8 Å². The van der Waals surface area contributed by atoms with Crippen molar-refractivity contribution in [3.63, 3.8) is 0 Å². The zero-order valence-corrected chi connectivity index (χ0v) is 12.8. The number of esters is 2. The number of hydrogen-bond acceptors (Lipinski definition) is 4. The highest BCUT2D eigenvalue weighted by Gasteiger charge is 2.03. The zero-order valence-electron chi connectivity index (χ0n) is 9.66. The molecule has 0 aliphatic carbocycles. The summed E-state index contributed by atoms with van der Waals surface area (Å²) in [6.45, 7) is 9.01. The van der Waals surface area contributed by atoms with Crippen LogP contribution in [0.1, 0.15) is 6.92 Å². The Morgan fingerprint density at radius 3 is 2.00 bits per heavy atom. The smallest absolute Gasteiger partial charge is 0.330 e. The van der Waals surface area contributed by atoms with Crippen LogP contribution in [0.25, 0.3) is 0 Å². The first-order valence-electron chi connectivity index (χ1n) is 4.80. The highest BCUT2D eigenvalue weighted by molar-refractivity contribution is 9.12. The van der Waals surface area contributed by atoms with Gasteiger partial charge in [0, 0.05) is 17.5 Å². The molecule has 0 saturated carbocycles. The van der Waals surface area contributed by atoms with Gasteiger partial charge in [0.2, 0.25) is 0 Å². The van der Waals surface area contributed by atoms with Crippen LogP contribution >= 0.6 is 31.9 Å². The molecule has 6 heteroatoms. The lowest BCUT2D eigenvalue weighted by molar-refractivity contribution is -0.138. The van der Waals surface area contributed by atoms with Crippen molar-refractivity contribution in [2.24, 2.45) is 0 Å². The van der Waals surface area contributed by atoms with Gasteiger partial charge in [0.25, 0.3) is 0 Å². The van der Waals surface area contributed by atoms with Crippen LogP contribution in [0.4, 0.5) is 0 Å². The summed E-state index contributed by atoms with van der Waals surface area (Å²) >= 11 is 6.50. The molecule has 0 aromatic rings. The lowest BCUT2D eigenvalue weighted by Crippen LogP contribution is -2.12. The summed E-state index contributed by atoms with van der Waals surface area (Å²) in [6, 6.07) is 0. The molecule has 0 fully saturated rings. The van der Waals surface area contributed by atoms with Gasteiger partial charge in [0.1, 0.15) is 6.61 Å². The van der Waals surface area contributed by atoms with E-state index in [1.54, 1.807) is 6.92 Å². The van der Waals surface area contributed by atoms with E-state index in [0.717, 1.165) is 17.5 Å². The Morgan fingerprint density at radius 1 is 1.24 bits per heavy atom. The molecular weight excluding hydrogens is 356 g/mol. The molecule has 0 aliphatic rings. The van der Waals surface area contributed by atoms with E-state index >= 15 is 0 Å². The molecule has 0 bridgehead atoms. The van der Waals surface area contributed by atoms with Gasteiger partial charge in [-0.1, -0.05) is 45.0 Å². The highest BCUT2D eigenvalue weighted by atomic mass is 79.9. The largest absolute Gasteiger partial charge is 0.463 e. The summed E-state index contributed by atoms with van der Waals surface area (Å²) < 4.78 is 9.14. The van der Waals surface area contributed by atoms with Crippen LogP contribution in [0, 0.1) is 0 Å². The molecule has 0 N–H and O–H groups in total. The minimum Gasteiger partial charge on any atom is -0.463 e. The summed E-state index contributed by atoms with van der Waals surface area (Å²) in [7, 11) is 0. The molecule has 17 heavy (non-hydrogen) atoms. The molecule has 0 aromatic carbocycles. The third-order valence-electron chi connectivity index (χ3n) is 1.19. The predicted octanol–water partition coefficient (Wildman–Crippen LogP) is 2.61. The number of carbonyl (C=O) groups is 2. The van der Waals surface area contributed by atoms with Gasteiger partial charge in [-0.25, -0.2) is 9.59 Å². The number of hydrogen-bond donors (Lipinski definition) is 0. The van der Waals surface area contributed by atoms with Crippen molar-refractivity contribution in [3.05, 3.63) is 25.3 Å². The van der Waals surface area contributed by atoms with Crippen molar-refractivity contribution in [2.75, 3.05) is 18.5 Å². The fourth-order valence-corrected chi connectivity index (χ4v) is 0.796. The van der Waals surface area contributed by atoms with E-state index in [0.29, 0.717) is 13.2 Å². The average Bonchev–Trinajstić information content (AvgIpc) is 2.36. The second kappa shape index (κ2) is 13.4. The maximum Gasteiger partial charge on any atom is 0.330 e. The summed E-state index contributed by atoms with van der Waals surface area (Å²) in [5.74, 6) is -0.743. The molecule has 1 atom stereocenters. The Labute approximate surface area is 118 Å². The number of ether oxygens (including phenoxy) is 2. The SMILES string of the molecule is C=CC(=O)OCC.C=CC(=O)OCC(Br)CBr. The average molecular weight is 372 g/mol. The molecule has 0 heterocycles. The second-order valence-corrected chi connectivity index (χ2v) is 4.48. The normalized spacial score (nSPS) is 10.3. The fraction of sp³-hybridized carbons (Fsp3) is 0.455. The first-order chi connectivity index (χ1) is 8.01. The Kier molecular flexibility index (Phi) is 14.8. The van der Waals surface area contributed by atoms with Crippen molar-refractivity contribution in [1.82, 2.24) is 0 Å². The van der Waals surface area contributed by atoms with E-state index in [1.807, 2.05) is 0 Å². The van der Waals surface area contributed by atoms with E-state index in [1.165, 1.54) is 0 Å². The van der Waals surface area contributed by atoms with Gasteiger partial charge in [-0.15, -0.1) is 0 Å². The molecule has 0 radical (unpaired) electrons. The third-order valence-corrected chi connectivity index (χ3v) is 3.43. The molecule has 0 spiro atoms. The zero-order chi connectivity index (χ0) is 13.7. The predicted molar refractivity (Wildman–Crippen MR) is 74.5 cm³/mol. The van der Waals surface area contributed by atoms with Crippen LogP contribution in [0.2, 0.25) is 0 Å². The Hall–Kier alpha value is -0.620. The van der Waals surface area contributed by atoms with Crippen LogP contribution < -0.4 is 0 Å². The molecule has 0 saturated heterocycles. The van der Waals surface area contributed by atoms with Crippen LogP contribution in [0.3, 0.4) is 0 Å². The van der Waals surface area contributed by atoms with Gasteiger partial charge in [-0.05, 0) is 6.92 Å². The molecule has 4 nitrogen and oxygen atoms in total. The van der Waals surface area contributed by atoms with Crippen molar-refractivity contribution < 1.29 is 19.1 Å². The van der Waals surface area contributed by atoms with Crippen molar-refractivity contribution >= 4 is 43.8 Å². The molecule has 0 rings (SSSR count). The molecule has 0 aliphatic heterocycles. The van der Waals surface area contributed by atoms with Crippen molar-refractivity contribution in [2.45, 2.75) is 11.8 Å². The molecular formula is C11H16Br2O4. The summed E-state index contributed by atoms with van der Waals surface area (Å²) in [6.07, 6.45) is 2.29. The first kappa shape index (κ1) is 18.7. The molecule has 98 valence electrons. The van der Waals surface area contributed by atoms with Gasteiger partial charge in [-0.2, -0.15) is 0 Å². The summed E-state index contributed by atoms with van der Waals surface area (Å²) in [5.41, 5.74) is 0. The number of rotatable bonds is 6. The van der Waals surface area contributed by atoms with Gasteiger partial charge in [-0.3, -0.25) is 0 Å². The maximum atomic E-state index is 10.5. The lowest BCUT2D eigenvalue weighted by Gasteiger charge is -2.04. The maximum absolute atomic E-state index is 10.5. The summed E-state index contributed by atoms with van der Waals surface area (Å²) in [4.78, 5) is 20.7. The van der Waals surface area contributed by atoms with E-state index in [9.17, 15) is 9.59 Å². The monoisotopic (exact) mass is 370 g/mol. The van der Waals surface area contributed by atoms with E-state index < -0.39 is 0 Å². The Balaban J connectivity index is 0. The number of carbonyl (C=O) groups excluding carboxylic acids is 2. The van der Waals surface area contributed by atoms with E-state index in [4.69, 9.17) is 4.74 Å². The van der Waals surface area contributed by atoms with Gasteiger partial charge in [0.15, 0.2) is 0 Å². The lowest BCUT2D eigenvalue weighted by atomic mass is 10.5. The summed E-state index contributed by atoms with van der Waals surface area (Å²) in [5, 5.41) is 0.761. The Morgan fingerprint density at radius 2 is 1.71 bits per heavy atom. The van der Waals surface area contributed by atoms with Crippen LogP contribution in [0.15, 0.2) is 25.3 Å². The van der Waals surface area contributed by atoms with Gasteiger partial charge < -0.3 is 9.47 Å². The minimum atomic E-state index is -0.384. The number of halogens is 2. The van der Waals surface area contributed by atoms with Crippen molar-refractivity contribution in [3.8, 4) is 0 Å².